The predicted molar refractivity (Wildman–Crippen MR) is 91.4 cm³/mol. The molecule has 0 saturated carbocycles. The Morgan fingerprint density at radius 2 is 1.96 bits per heavy atom. The fourth-order valence-corrected chi connectivity index (χ4v) is 2.73. The third-order valence-electron chi connectivity index (χ3n) is 4.28. The van der Waals surface area contributed by atoms with E-state index in [1.165, 1.54) is 0 Å². The highest BCUT2D eigenvalue weighted by atomic mass is 16.5. The first-order chi connectivity index (χ1) is 11.1. The van der Waals surface area contributed by atoms with Crippen LogP contribution in [0.1, 0.15) is 53.9 Å². The number of carboxylic acid groups (broad SMARTS) is 1. The molecule has 0 bridgehead atoms. The molecule has 0 aromatic heterocycles. The second-order valence-electron chi connectivity index (χ2n) is 6.73. The number of rotatable bonds is 6. The molecule has 1 rings (SSSR count). The van der Waals surface area contributed by atoms with Crippen molar-refractivity contribution in [2.45, 2.75) is 60.0 Å². The zero-order valence-electron chi connectivity index (χ0n) is 15.0. The fraction of sp³-hybridized carbons (Fsp3) is 0.526. The van der Waals surface area contributed by atoms with Gasteiger partial charge in [0, 0.05) is 6.42 Å². The number of hydrogen-bond acceptors (Lipinski definition) is 4. The second-order valence-corrected chi connectivity index (χ2v) is 6.73. The molecule has 5 nitrogen and oxygen atoms in total. The lowest BCUT2D eigenvalue weighted by Gasteiger charge is -2.36. The van der Waals surface area contributed by atoms with E-state index in [4.69, 9.17) is 9.84 Å². The van der Waals surface area contributed by atoms with E-state index < -0.39 is 18.0 Å². The molecule has 0 spiro atoms. The number of carbonyl (C=O) groups is 3. The summed E-state index contributed by atoms with van der Waals surface area (Å²) in [6, 6.07) is 0. The largest absolute Gasteiger partial charge is 0.481 e. The quantitative estimate of drug-likeness (QED) is 0.593. The first-order valence-electron chi connectivity index (χ1n) is 8.06. The molecule has 132 valence electrons. The van der Waals surface area contributed by atoms with Crippen molar-refractivity contribution in [2.24, 2.45) is 5.41 Å². The van der Waals surface area contributed by atoms with Crippen LogP contribution in [0.5, 0.6) is 0 Å². The summed E-state index contributed by atoms with van der Waals surface area (Å²) in [5.74, 6) is -1.93. The fourth-order valence-electron chi connectivity index (χ4n) is 2.73. The van der Waals surface area contributed by atoms with Gasteiger partial charge in [0.15, 0.2) is 11.9 Å². The Labute approximate surface area is 143 Å². The van der Waals surface area contributed by atoms with Crippen LogP contribution in [0.25, 0.3) is 0 Å². The van der Waals surface area contributed by atoms with Gasteiger partial charge in [0.05, 0.1) is 12.8 Å². The molecule has 0 amide bonds. The summed E-state index contributed by atoms with van der Waals surface area (Å²) in [4.78, 5) is 34.8. The number of ether oxygens (including phenoxy) is 1. The average molecular weight is 334 g/mol. The van der Waals surface area contributed by atoms with Gasteiger partial charge in [-0.25, -0.2) is 0 Å². The van der Waals surface area contributed by atoms with Crippen LogP contribution >= 0.6 is 0 Å². The molecular weight excluding hydrogens is 308 g/mol. The van der Waals surface area contributed by atoms with Gasteiger partial charge in [-0.15, -0.1) is 0 Å². The topological polar surface area (TPSA) is 80.7 Å². The van der Waals surface area contributed by atoms with Crippen molar-refractivity contribution in [2.75, 3.05) is 0 Å². The Bertz CT molecular complexity index is 620. The number of esters is 1. The molecule has 1 aliphatic carbocycles. The van der Waals surface area contributed by atoms with Gasteiger partial charge < -0.3 is 9.84 Å². The molecule has 0 aromatic carbocycles. The summed E-state index contributed by atoms with van der Waals surface area (Å²) in [6.45, 7) is 9.69. The minimum absolute atomic E-state index is 0.212. The zero-order valence-corrected chi connectivity index (χ0v) is 15.0. The maximum atomic E-state index is 12.5. The van der Waals surface area contributed by atoms with Crippen molar-refractivity contribution in [3.8, 4) is 0 Å². The highest BCUT2D eigenvalue weighted by Gasteiger charge is 2.39. The highest BCUT2D eigenvalue weighted by molar-refractivity contribution is 6.01. The minimum Gasteiger partial charge on any atom is -0.481 e. The SMILES string of the molecule is C/C=C(C)/C=C/C1=C(C)C(=O)C(OC(=O)CCC(=O)O)CC1(C)C. The van der Waals surface area contributed by atoms with E-state index in [-0.39, 0.29) is 24.0 Å². The van der Waals surface area contributed by atoms with Crippen LogP contribution in [-0.4, -0.2) is 28.9 Å². The molecule has 0 aliphatic heterocycles. The van der Waals surface area contributed by atoms with E-state index in [0.717, 1.165) is 11.1 Å². The van der Waals surface area contributed by atoms with Crippen molar-refractivity contribution >= 4 is 17.7 Å². The second kappa shape index (κ2) is 8.08. The van der Waals surface area contributed by atoms with Gasteiger partial charge in [0.25, 0.3) is 0 Å². The summed E-state index contributed by atoms with van der Waals surface area (Å²) in [7, 11) is 0. The molecular formula is C19H26O5. The van der Waals surface area contributed by atoms with Gasteiger partial charge >= 0.3 is 11.9 Å². The Hall–Kier alpha value is -2.17. The van der Waals surface area contributed by atoms with E-state index in [0.29, 0.717) is 12.0 Å². The molecule has 0 heterocycles. The summed E-state index contributed by atoms with van der Waals surface area (Å²) < 4.78 is 5.23. The molecule has 24 heavy (non-hydrogen) atoms. The van der Waals surface area contributed by atoms with Crippen LogP contribution < -0.4 is 0 Å². The number of carboxylic acids is 1. The van der Waals surface area contributed by atoms with E-state index in [1.54, 1.807) is 6.92 Å². The van der Waals surface area contributed by atoms with Crippen LogP contribution in [0.2, 0.25) is 0 Å². The molecule has 0 fully saturated rings. The lowest BCUT2D eigenvalue weighted by molar-refractivity contribution is -0.157. The van der Waals surface area contributed by atoms with Crippen LogP contribution in [0.15, 0.2) is 34.9 Å². The Balaban J connectivity index is 2.96. The molecule has 5 heteroatoms. The smallest absolute Gasteiger partial charge is 0.307 e. The van der Waals surface area contributed by atoms with Crippen molar-refractivity contribution in [3.63, 3.8) is 0 Å². The number of hydrogen-bond donors (Lipinski definition) is 1. The molecule has 1 atom stereocenters. The van der Waals surface area contributed by atoms with Gasteiger partial charge in [0.2, 0.25) is 0 Å². The molecule has 0 radical (unpaired) electrons. The van der Waals surface area contributed by atoms with E-state index in [1.807, 2.05) is 45.9 Å². The maximum absolute atomic E-state index is 12.5. The predicted octanol–water partition coefficient (Wildman–Crippen LogP) is 3.60. The monoisotopic (exact) mass is 334 g/mol. The highest BCUT2D eigenvalue weighted by Crippen LogP contribution is 2.40. The van der Waals surface area contributed by atoms with Gasteiger partial charge in [-0.1, -0.05) is 37.6 Å². The van der Waals surface area contributed by atoms with Gasteiger partial charge in [-0.2, -0.15) is 0 Å². The van der Waals surface area contributed by atoms with E-state index in [9.17, 15) is 14.4 Å². The van der Waals surface area contributed by atoms with E-state index in [2.05, 4.69) is 0 Å². The van der Waals surface area contributed by atoms with Crippen LogP contribution in [0, 0.1) is 5.41 Å². The summed E-state index contributed by atoms with van der Waals surface area (Å²) in [5.41, 5.74) is 2.30. The van der Waals surface area contributed by atoms with Crippen LogP contribution in [-0.2, 0) is 19.1 Å². The summed E-state index contributed by atoms with van der Waals surface area (Å²) in [5, 5.41) is 8.61. The van der Waals surface area contributed by atoms with Crippen molar-refractivity contribution in [3.05, 3.63) is 34.9 Å². The van der Waals surface area contributed by atoms with Crippen LogP contribution in [0.4, 0.5) is 0 Å². The number of carbonyl (C=O) groups excluding carboxylic acids is 2. The number of Topliss-reactive ketones (excluding diaryl/α,β-unsaturated/α-hetero) is 1. The first kappa shape index (κ1) is 19.9. The van der Waals surface area contributed by atoms with E-state index >= 15 is 0 Å². The normalized spacial score (nSPS) is 21.3. The molecule has 1 aliphatic rings. The first-order valence-corrected chi connectivity index (χ1v) is 8.06. The minimum atomic E-state index is -1.06. The maximum Gasteiger partial charge on any atom is 0.307 e. The zero-order chi connectivity index (χ0) is 18.5. The third kappa shape index (κ3) is 5.18. The molecule has 0 saturated heterocycles. The summed E-state index contributed by atoms with van der Waals surface area (Å²) in [6.07, 6.45) is 4.91. The lowest BCUT2D eigenvalue weighted by atomic mass is 9.71. The Morgan fingerprint density at radius 1 is 1.33 bits per heavy atom. The van der Waals surface area contributed by atoms with Crippen molar-refractivity contribution in [1.29, 1.82) is 0 Å². The van der Waals surface area contributed by atoms with Gasteiger partial charge in [-0.3, -0.25) is 14.4 Å². The molecule has 0 aromatic rings. The third-order valence-corrected chi connectivity index (χ3v) is 4.28. The van der Waals surface area contributed by atoms with Crippen LogP contribution in [0.3, 0.4) is 0 Å². The molecule has 1 unspecified atom stereocenters. The Kier molecular flexibility index (Phi) is 6.70. The van der Waals surface area contributed by atoms with Gasteiger partial charge in [-0.05, 0) is 37.3 Å². The number of ketones is 1. The number of allylic oxidation sites excluding steroid dienone is 5. The van der Waals surface area contributed by atoms with Crippen molar-refractivity contribution in [1.82, 2.24) is 0 Å². The molecule has 1 N–H and O–H groups in total. The van der Waals surface area contributed by atoms with Gasteiger partial charge in [0.1, 0.15) is 0 Å². The number of aliphatic carboxylic acids is 1. The standard InChI is InChI=1S/C19H26O5/c1-6-12(2)7-8-14-13(3)18(23)15(11-19(14,4)5)24-17(22)10-9-16(20)21/h6-8,15H,9-11H2,1-5H3,(H,20,21)/b8-7+,12-6+. The lowest BCUT2D eigenvalue weighted by Crippen LogP contribution is -2.39. The average Bonchev–Trinajstić information content (AvgIpc) is 2.49. The van der Waals surface area contributed by atoms with Crippen molar-refractivity contribution < 1.29 is 24.2 Å². The Morgan fingerprint density at radius 3 is 2.50 bits per heavy atom. The summed E-state index contributed by atoms with van der Waals surface area (Å²) >= 11 is 0.